The fraction of sp³-hybridized carbons (Fsp3) is 0.222. The Bertz CT molecular complexity index is 1220. The Morgan fingerprint density at radius 1 is 0.970 bits per heavy atom. The van der Waals surface area contributed by atoms with Gasteiger partial charge >= 0.3 is 0 Å². The summed E-state index contributed by atoms with van der Waals surface area (Å²) in [6, 6.07) is 26.2. The van der Waals surface area contributed by atoms with E-state index in [0.29, 0.717) is 6.42 Å². The molecule has 1 aromatic heterocycles. The maximum atomic E-state index is 13.5. The number of aryl methyl sites for hydroxylation is 2. The van der Waals surface area contributed by atoms with Crippen molar-refractivity contribution in [2.24, 2.45) is 0 Å². The van der Waals surface area contributed by atoms with Crippen LogP contribution in [0.4, 0.5) is 5.69 Å². The van der Waals surface area contributed by atoms with Gasteiger partial charge in [-0.25, -0.2) is 0 Å². The fourth-order valence-corrected chi connectivity index (χ4v) is 4.83. The highest BCUT2D eigenvalue weighted by Gasteiger charge is 2.26. The van der Waals surface area contributed by atoms with Gasteiger partial charge in [-0.2, -0.15) is 0 Å². The fourth-order valence-electron chi connectivity index (χ4n) is 3.71. The SMILES string of the molecule is CCn1c(Cc2ccccc2)nnc1S[C@H](C(=O)Nc1cc(C)ccc1C)c1ccccc1. The molecule has 1 N–H and O–H groups in total. The van der Waals surface area contributed by atoms with E-state index in [4.69, 9.17) is 0 Å². The maximum Gasteiger partial charge on any atom is 0.242 e. The van der Waals surface area contributed by atoms with Gasteiger partial charge < -0.3 is 9.88 Å². The topological polar surface area (TPSA) is 59.8 Å². The Morgan fingerprint density at radius 3 is 2.36 bits per heavy atom. The van der Waals surface area contributed by atoms with Gasteiger partial charge in [-0.3, -0.25) is 4.79 Å². The summed E-state index contributed by atoms with van der Waals surface area (Å²) in [5, 5.41) is 12.4. The number of thioether (sulfide) groups is 1. The predicted octanol–water partition coefficient (Wildman–Crippen LogP) is 5.98. The van der Waals surface area contributed by atoms with Crippen molar-refractivity contribution in [2.75, 3.05) is 5.32 Å². The zero-order valence-corrected chi connectivity index (χ0v) is 20.0. The molecule has 33 heavy (non-hydrogen) atoms. The molecule has 168 valence electrons. The molecule has 0 aliphatic rings. The van der Waals surface area contributed by atoms with Crippen molar-refractivity contribution >= 4 is 23.4 Å². The van der Waals surface area contributed by atoms with Gasteiger partial charge in [0.15, 0.2) is 5.16 Å². The minimum Gasteiger partial charge on any atom is -0.325 e. The van der Waals surface area contributed by atoms with Crippen LogP contribution in [0.3, 0.4) is 0 Å². The average molecular weight is 457 g/mol. The summed E-state index contributed by atoms with van der Waals surface area (Å²) in [7, 11) is 0. The molecule has 4 aromatic rings. The van der Waals surface area contributed by atoms with Crippen LogP contribution in [0.25, 0.3) is 0 Å². The first kappa shape index (κ1) is 22.8. The average Bonchev–Trinajstić information content (AvgIpc) is 3.22. The molecule has 5 nitrogen and oxygen atoms in total. The summed E-state index contributed by atoms with van der Waals surface area (Å²) < 4.78 is 2.10. The minimum absolute atomic E-state index is 0.0739. The number of benzene rings is 3. The predicted molar refractivity (Wildman–Crippen MR) is 135 cm³/mol. The Labute approximate surface area is 199 Å². The Kier molecular flexibility index (Phi) is 7.25. The first-order valence-corrected chi connectivity index (χ1v) is 12.0. The van der Waals surface area contributed by atoms with Crippen LogP contribution < -0.4 is 5.32 Å². The Hall–Kier alpha value is -3.38. The summed E-state index contributed by atoms with van der Waals surface area (Å²) in [6.07, 6.45) is 0.701. The van der Waals surface area contributed by atoms with E-state index < -0.39 is 5.25 Å². The van der Waals surface area contributed by atoms with Crippen molar-refractivity contribution in [1.29, 1.82) is 0 Å². The van der Waals surface area contributed by atoms with Gasteiger partial charge in [-0.1, -0.05) is 84.6 Å². The third-order valence-corrected chi connectivity index (χ3v) is 6.76. The lowest BCUT2D eigenvalue weighted by molar-refractivity contribution is -0.115. The van der Waals surface area contributed by atoms with E-state index in [9.17, 15) is 4.79 Å². The number of hydrogen-bond donors (Lipinski definition) is 1. The lowest BCUT2D eigenvalue weighted by atomic mass is 10.1. The molecular weight excluding hydrogens is 428 g/mol. The molecule has 4 rings (SSSR count). The highest BCUT2D eigenvalue weighted by Crippen LogP contribution is 2.36. The number of carbonyl (C=O) groups is 1. The van der Waals surface area contributed by atoms with Crippen LogP contribution in [-0.2, 0) is 17.8 Å². The third-order valence-electron chi connectivity index (χ3n) is 5.53. The summed E-state index contributed by atoms with van der Waals surface area (Å²) in [6.45, 7) is 6.84. The van der Waals surface area contributed by atoms with Crippen LogP contribution in [0, 0.1) is 13.8 Å². The van der Waals surface area contributed by atoms with Gasteiger partial charge in [-0.05, 0) is 49.1 Å². The number of carbonyl (C=O) groups excluding carboxylic acids is 1. The number of rotatable bonds is 8. The first-order chi connectivity index (χ1) is 16.0. The highest BCUT2D eigenvalue weighted by molar-refractivity contribution is 8.00. The zero-order valence-electron chi connectivity index (χ0n) is 19.2. The van der Waals surface area contributed by atoms with Crippen LogP contribution in [0.5, 0.6) is 0 Å². The number of nitrogens with one attached hydrogen (secondary N) is 1. The number of anilines is 1. The molecule has 6 heteroatoms. The van der Waals surface area contributed by atoms with E-state index in [0.717, 1.165) is 39.9 Å². The van der Waals surface area contributed by atoms with Gasteiger partial charge in [0.2, 0.25) is 5.91 Å². The molecule has 3 aromatic carbocycles. The molecule has 0 radical (unpaired) electrons. The molecule has 0 bridgehead atoms. The van der Waals surface area contributed by atoms with Crippen LogP contribution >= 0.6 is 11.8 Å². The summed E-state index contributed by atoms with van der Waals surface area (Å²) in [4.78, 5) is 13.5. The first-order valence-electron chi connectivity index (χ1n) is 11.1. The van der Waals surface area contributed by atoms with E-state index in [1.165, 1.54) is 17.3 Å². The Balaban J connectivity index is 1.62. The summed E-state index contributed by atoms with van der Waals surface area (Å²) >= 11 is 1.44. The number of hydrogen-bond acceptors (Lipinski definition) is 4. The lowest BCUT2D eigenvalue weighted by Gasteiger charge is -2.18. The van der Waals surface area contributed by atoms with Gasteiger partial charge in [0.25, 0.3) is 0 Å². The molecule has 0 spiro atoms. The van der Waals surface area contributed by atoms with Crippen LogP contribution in [-0.4, -0.2) is 20.7 Å². The van der Waals surface area contributed by atoms with Crippen LogP contribution in [0.15, 0.2) is 84.0 Å². The van der Waals surface area contributed by atoms with Crippen molar-refractivity contribution in [3.63, 3.8) is 0 Å². The molecule has 1 atom stereocenters. The van der Waals surface area contributed by atoms with Crippen LogP contribution in [0.1, 0.15) is 40.3 Å². The summed E-state index contributed by atoms with van der Waals surface area (Å²) in [5.41, 5.74) is 5.09. The molecule has 0 unspecified atom stereocenters. The number of aromatic nitrogens is 3. The number of nitrogens with zero attached hydrogens (tertiary/aromatic N) is 3. The van der Waals surface area contributed by atoms with Crippen molar-refractivity contribution in [3.8, 4) is 0 Å². The summed E-state index contributed by atoms with van der Waals surface area (Å²) in [5.74, 6) is 0.822. The van der Waals surface area contributed by atoms with E-state index in [2.05, 4.69) is 39.1 Å². The quantitative estimate of drug-likeness (QED) is 0.332. The lowest BCUT2D eigenvalue weighted by Crippen LogP contribution is -2.20. The molecule has 0 aliphatic carbocycles. The smallest absolute Gasteiger partial charge is 0.242 e. The largest absolute Gasteiger partial charge is 0.325 e. The molecule has 0 saturated heterocycles. The second-order valence-electron chi connectivity index (χ2n) is 8.02. The molecular formula is C27H28N4OS. The van der Waals surface area contributed by atoms with E-state index in [-0.39, 0.29) is 5.91 Å². The van der Waals surface area contributed by atoms with Crippen LogP contribution in [0.2, 0.25) is 0 Å². The van der Waals surface area contributed by atoms with Crippen molar-refractivity contribution < 1.29 is 4.79 Å². The normalized spacial score (nSPS) is 11.8. The van der Waals surface area contributed by atoms with E-state index >= 15 is 0 Å². The minimum atomic E-state index is -0.454. The molecule has 1 amide bonds. The number of amides is 1. The van der Waals surface area contributed by atoms with Gasteiger partial charge in [0.1, 0.15) is 11.1 Å². The van der Waals surface area contributed by atoms with E-state index in [1.807, 2.05) is 80.6 Å². The second kappa shape index (κ2) is 10.5. The van der Waals surface area contributed by atoms with E-state index in [1.54, 1.807) is 0 Å². The highest BCUT2D eigenvalue weighted by atomic mass is 32.2. The third kappa shape index (κ3) is 5.52. The molecule has 0 fully saturated rings. The van der Waals surface area contributed by atoms with Gasteiger partial charge in [0.05, 0.1) is 0 Å². The van der Waals surface area contributed by atoms with Crippen molar-refractivity contribution in [3.05, 3.63) is 107 Å². The second-order valence-corrected chi connectivity index (χ2v) is 9.09. The molecule has 0 aliphatic heterocycles. The van der Waals surface area contributed by atoms with Crippen molar-refractivity contribution in [1.82, 2.24) is 14.8 Å². The molecule has 1 heterocycles. The monoisotopic (exact) mass is 456 g/mol. The van der Waals surface area contributed by atoms with Crippen molar-refractivity contribution in [2.45, 2.75) is 44.1 Å². The Morgan fingerprint density at radius 2 is 1.67 bits per heavy atom. The van der Waals surface area contributed by atoms with Gasteiger partial charge in [0, 0.05) is 18.7 Å². The standard InChI is InChI=1S/C27H28N4OS/c1-4-31-24(18-21-11-7-5-8-12-21)29-30-27(31)33-25(22-13-9-6-10-14-22)26(32)28-23-17-19(2)15-16-20(23)3/h5-17,25H,4,18H2,1-3H3,(H,28,32)/t25-/m0/s1. The van der Waals surface area contributed by atoms with Gasteiger partial charge in [-0.15, -0.1) is 10.2 Å². The molecule has 0 saturated carbocycles. The zero-order chi connectivity index (χ0) is 23.2. The maximum absolute atomic E-state index is 13.5.